The quantitative estimate of drug-likeness (QED) is 0.650. The molecule has 14 heavy (non-hydrogen) atoms. The third-order valence-electron chi connectivity index (χ3n) is 2.63. The minimum absolute atomic E-state index is 0.355. The molecule has 1 saturated carbocycles. The van der Waals surface area contributed by atoms with Gasteiger partial charge in [0.15, 0.2) is 5.78 Å². The maximum atomic E-state index is 10.9. The zero-order valence-electron chi connectivity index (χ0n) is 9.55. The summed E-state index contributed by atoms with van der Waals surface area (Å²) >= 11 is 0. The van der Waals surface area contributed by atoms with Gasteiger partial charge in [0.2, 0.25) is 0 Å². The monoisotopic (exact) mass is 198 g/mol. The number of carbonyl (C=O) groups excluding carboxylic acids is 1. The molecule has 1 unspecified atom stereocenters. The van der Waals surface area contributed by atoms with E-state index in [0.29, 0.717) is 5.78 Å². The first-order valence-electron chi connectivity index (χ1n) is 5.54. The van der Waals surface area contributed by atoms with E-state index in [2.05, 4.69) is 0 Å². The molecule has 1 N–H and O–H groups in total. The molecular weight excluding hydrogens is 176 g/mol. The lowest BCUT2D eigenvalue weighted by Crippen LogP contribution is -2.08. The van der Waals surface area contributed by atoms with Crippen LogP contribution in [0.3, 0.4) is 0 Å². The van der Waals surface area contributed by atoms with E-state index in [-0.39, 0.29) is 0 Å². The highest BCUT2D eigenvalue weighted by molar-refractivity contribution is 5.91. The van der Waals surface area contributed by atoms with Gasteiger partial charge in [-0.05, 0) is 37.7 Å². The number of aliphatic hydroxyl groups excluding tert-OH is 1. The molecule has 0 heterocycles. The molecule has 0 spiro atoms. The van der Waals surface area contributed by atoms with Gasteiger partial charge in [-0.15, -0.1) is 0 Å². The number of ketones is 1. The highest BCUT2D eigenvalue weighted by atomic mass is 16.2. The molecule has 2 rings (SSSR count). The van der Waals surface area contributed by atoms with Crippen molar-refractivity contribution >= 4 is 5.78 Å². The van der Waals surface area contributed by atoms with Gasteiger partial charge in [-0.1, -0.05) is 19.4 Å². The topological polar surface area (TPSA) is 37.3 Å². The average molecular weight is 198 g/mol. The molecule has 1 fully saturated rings. The Hall–Kier alpha value is -0.630. The van der Waals surface area contributed by atoms with Crippen molar-refractivity contribution in [2.45, 2.75) is 46.0 Å². The van der Waals surface area contributed by atoms with Gasteiger partial charge in [-0.3, -0.25) is 4.79 Å². The summed E-state index contributed by atoms with van der Waals surface area (Å²) in [6.45, 7) is 4.00. The Labute approximate surface area is 87.0 Å². The summed E-state index contributed by atoms with van der Waals surface area (Å²) in [6, 6.07) is 0. The Balaban J connectivity index is 0.000000379. The van der Waals surface area contributed by atoms with Crippen molar-refractivity contribution in [3.8, 4) is 0 Å². The summed E-state index contributed by atoms with van der Waals surface area (Å²) in [7, 11) is 1.00. The predicted octanol–water partition coefficient (Wildman–Crippen LogP) is 2.71. The molecule has 0 aromatic rings. The second kappa shape index (κ2) is 7.74. The molecule has 0 aromatic carbocycles. The molecule has 0 saturated heterocycles. The summed E-state index contributed by atoms with van der Waals surface area (Å²) in [6.07, 6.45) is 7.65. The van der Waals surface area contributed by atoms with Crippen LogP contribution >= 0.6 is 0 Å². The minimum Gasteiger partial charge on any atom is -0.400 e. The SMILES string of the molecule is CC.CO.O=C1C=C2CCCC2CC1. The fourth-order valence-electron chi connectivity index (χ4n) is 2.06. The van der Waals surface area contributed by atoms with E-state index in [1.54, 1.807) is 0 Å². The van der Waals surface area contributed by atoms with E-state index >= 15 is 0 Å². The lowest BCUT2D eigenvalue weighted by Gasteiger charge is -2.14. The van der Waals surface area contributed by atoms with Gasteiger partial charge in [0.1, 0.15) is 0 Å². The first kappa shape index (κ1) is 13.4. The van der Waals surface area contributed by atoms with Crippen LogP contribution in [0.2, 0.25) is 0 Å². The molecule has 2 nitrogen and oxygen atoms in total. The molecule has 0 bridgehead atoms. The molecule has 2 aliphatic rings. The second-order valence-corrected chi connectivity index (χ2v) is 3.31. The molecule has 2 aliphatic carbocycles. The van der Waals surface area contributed by atoms with Gasteiger partial charge in [0.25, 0.3) is 0 Å². The van der Waals surface area contributed by atoms with Crippen molar-refractivity contribution in [2.75, 3.05) is 7.11 Å². The Morgan fingerprint density at radius 3 is 2.50 bits per heavy atom. The van der Waals surface area contributed by atoms with Crippen molar-refractivity contribution in [2.24, 2.45) is 5.92 Å². The van der Waals surface area contributed by atoms with Crippen molar-refractivity contribution in [3.05, 3.63) is 11.6 Å². The lowest BCUT2D eigenvalue weighted by atomic mass is 9.90. The van der Waals surface area contributed by atoms with E-state index in [0.717, 1.165) is 25.9 Å². The van der Waals surface area contributed by atoms with Crippen LogP contribution in [-0.4, -0.2) is 18.0 Å². The van der Waals surface area contributed by atoms with Crippen LogP contribution in [0.4, 0.5) is 0 Å². The number of hydrogen-bond donors (Lipinski definition) is 1. The largest absolute Gasteiger partial charge is 0.400 e. The second-order valence-electron chi connectivity index (χ2n) is 3.31. The highest BCUT2D eigenvalue weighted by Crippen LogP contribution is 2.36. The lowest BCUT2D eigenvalue weighted by molar-refractivity contribution is -0.115. The summed E-state index contributed by atoms with van der Waals surface area (Å²) in [5, 5.41) is 7.00. The van der Waals surface area contributed by atoms with Crippen molar-refractivity contribution in [3.63, 3.8) is 0 Å². The molecular formula is C12H22O2. The Morgan fingerprint density at radius 2 is 1.86 bits per heavy atom. The van der Waals surface area contributed by atoms with Crippen LogP contribution in [0.5, 0.6) is 0 Å². The van der Waals surface area contributed by atoms with Gasteiger partial charge in [-0.2, -0.15) is 0 Å². The molecule has 1 atom stereocenters. The number of rotatable bonds is 0. The van der Waals surface area contributed by atoms with Gasteiger partial charge in [0.05, 0.1) is 0 Å². The van der Waals surface area contributed by atoms with Crippen LogP contribution in [-0.2, 0) is 4.79 Å². The first-order chi connectivity index (χ1) is 6.86. The van der Waals surface area contributed by atoms with Crippen LogP contribution in [0.25, 0.3) is 0 Å². The van der Waals surface area contributed by atoms with Crippen molar-refractivity contribution in [1.82, 2.24) is 0 Å². The van der Waals surface area contributed by atoms with Gasteiger partial charge >= 0.3 is 0 Å². The van der Waals surface area contributed by atoms with E-state index in [4.69, 9.17) is 5.11 Å². The summed E-state index contributed by atoms with van der Waals surface area (Å²) in [4.78, 5) is 10.9. The predicted molar refractivity (Wildman–Crippen MR) is 59.2 cm³/mol. The maximum absolute atomic E-state index is 10.9. The van der Waals surface area contributed by atoms with E-state index < -0.39 is 0 Å². The average Bonchev–Trinajstić information content (AvgIpc) is 2.71. The van der Waals surface area contributed by atoms with Crippen LogP contribution in [0, 0.1) is 5.92 Å². The normalized spacial score (nSPS) is 23.6. The fourth-order valence-corrected chi connectivity index (χ4v) is 2.06. The summed E-state index contributed by atoms with van der Waals surface area (Å²) in [5.74, 6) is 1.14. The number of carbonyl (C=O) groups is 1. The third-order valence-corrected chi connectivity index (χ3v) is 2.63. The molecule has 0 radical (unpaired) electrons. The molecule has 0 aliphatic heterocycles. The Morgan fingerprint density at radius 1 is 1.21 bits per heavy atom. The number of fused-ring (bicyclic) bond motifs is 1. The fraction of sp³-hybridized carbons (Fsp3) is 0.750. The Bertz CT molecular complexity index is 194. The summed E-state index contributed by atoms with van der Waals surface area (Å²) < 4.78 is 0. The molecule has 2 heteroatoms. The Kier molecular flexibility index (Phi) is 7.40. The van der Waals surface area contributed by atoms with E-state index in [1.807, 2.05) is 19.9 Å². The number of aliphatic hydroxyl groups is 1. The minimum atomic E-state index is 0.355. The zero-order chi connectivity index (χ0) is 11.0. The zero-order valence-corrected chi connectivity index (χ0v) is 9.55. The van der Waals surface area contributed by atoms with Crippen LogP contribution in [0.15, 0.2) is 11.6 Å². The van der Waals surface area contributed by atoms with Crippen molar-refractivity contribution in [1.29, 1.82) is 0 Å². The smallest absolute Gasteiger partial charge is 0.155 e. The first-order valence-corrected chi connectivity index (χ1v) is 5.54. The van der Waals surface area contributed by atoms with Crippen LogP contribution in [0.1, 0.15) is 46.0 Å². The number of allylic oxidation sites excluding steroid dienone is 2. The van der Waals surface area contributed by atoms with Gasteiger partial charge in [0, 0.05) is 13.5 Å². The molecule has 0 amide bonds. The van der Waals surface area contributed by atoms with Gasteiger partial charge in [-0.25, -0.2) is 0 Å². The number of hydrogen-bond acceptors (Lipinski definition) is 2. The van der Waals surface area contributed by atoms with Crippen molar-refractivity contribution < 1.29 is 9.90 Å². The third kappa shape index (κ3) is 3.62. The molecule has 0 aromatic heterocycles. The van der Waals surface area contributed by atoms with Gasteiger partial charge < -0.3 is 5.11 Å². The maximum Gasteiger partial charge on any atom is 0.155 e. The molecule has 82 valence electrons. The van der Waals surface area contributed by atoms with Crippen LogP contribution < -0.4 is 0 Å². The summed E-state index contributed by atoms with van der Waals surface area (Å²) in [5.41, 5.74) is 1.44. The van der Waals surface area contributed by atoms with E-state index in [9.17, 15) is 4.79 Å². The standard InChI is InChI=1S/C9H12O.C2H6.CH4O/c10-9-5-4-7-2-1-3-8(7)6-9;2*1-2/h6-7H,1-5H2;1-2H3;2H,1H3. The van der Waals surface area contributed by atoms with E-state index in [1.165, 1.54) is 24.8 Å². The highest BCUT2D eigenvalue weighted by Gasteiger charge is 2.25.